The summed E-state index contributed by atoms with van der Waals surface area (Å²) in [6.45, 7) is 16.4. The summed E-state index contributed by atoms with van der Waals surface area (Å²) in [5.74, 6) is 0.717. The Balaban J connectivity index is 1.70. The van der Waals surface area contributed by atoms with Crippen LogP contribution in [0, 0.1) is 5.92 Å². The molecule has 27 heavy (non-hydrogen) atoms. The Bertz CT molecular complexity index is 858. The van der Waals surface area contributed by atoms with Crippen LogP contribution in [0.1, 0.15) is 39.8 Å². The average molecular weight is 366 g/mol. The minimum absolute atomic E-state index is 0.573. The minimum atomic E-state index is 0.573. The van der Waals surface area contributed by atoms with Gasteiger partial charge in [0.25, 0.3) is 0 Å². The third-order valence-corrected chi connectivity index (χ3v) is 5.24. The fraction of sp³-hybridized carbons (Fsp3) is 0.455. The molecular weight excluding hydrogens is 334 g/mol. The Labute approximate surface area is 162 Å². The van der Waals surface area contributed by atoms with E-state index in [1.54, 1.807) is 6.20 Å². The predicted octanol–water partition coefficient (Wildman–Crippen LogP) is 4.14. The van der Waals surface area contributed by atoms with Gasteiger partial charge in [-0.3, -0.25) is 5.10 Å². The van der Waals surface area contributed by atoms with Gasteiger partial charge in [0, 0.05) is 43.0 Å². The monoisotopic (exact) mass is 365 g/mol. The summed E-state index contributed by atoms with van der Waals surface area (Å²) in [6.07, 6.45) is 7.19. The number of H-pyrrole nitrogens is 1. The number of piperazine rings is 1. The molecule has 1 fully saturated rings. The summed E-state index contributed by atoms with van der Waals surface area (Å²) >= 11 is 0. The molecule has 0 radical (unpaired) electrons. The molecule has 0 amide bonds. The molecule has 0 bridgehead atoms. The SMILES string of the molecule is C=C(/C=C\C(C)=C(C)N1CCNC(CC(C)C)C1)c1[nH]nc2ncccc12. The zero-order valence-electron chi connectivity index (χ0n) is 16.9. The largest absolute Gasteiger partial charge is 0.372 e. The zero-order valence-corrected chi connectivity index (χ0v) is 16.9. The average Bonchev–Trinajstić information content (AvgIpc) is 3.09. The number of aromatic amines is 1. The molecule has 2 aromatic rings. The van der Waals surface area contributed by atoms with Gasteiger partial charge in [-0.25, -0.2) is 4.98 Å². The van der Waals surface area contributed by atoms with E-state index in [-0.39, 0.29) is 0 Å². The Morgan fingerprint density at radius 3 is 2.96 bits per heavy atom. The van der Waals surface area contributed by atoms with Crippen molar-refractivity contribution in [1.29, 1.82) is 0 Å². The molecule has 3 rings (SSSR count). The van der Waals surface area contributed by atoms with Gasteiger partial charge in [0.15, 0.2) is 5.65 Å². The highest BCUT2D eigenvalue weighted by Crippen LogP contribution is 2.22. The first-order valence-electron chi connectivity index (χ1n) is 9.78. The molecule has 0 aliphatic carbocycles. The van der Waals surface area contributed by atoms with Crippen molar-refractivity contribution in [3.63, 3.8) is 0 Å². The lowest BCUT2D eigenvalue weighted by Gasteiger charge is -2.37. The standard InChI is InChI=1S/C22H31N5/c1-15(2)13-19-14-27(12-11-23-19)18(5)16(3)8-9-17(4)21-20-7-6-10-24-22(20)26-25-21/h6-10,15,19,23H,4,11-14H2,1-3,5H3,(H,24,25,26)/b9-8-,18-16?. The Kier molecular flexibility index (Phi) is 6.11. The van der Waals surface area contributed by atoms with E-state index in [2.05, 4.69) is 71.8 Å². The van der Waals surface area contributed by atoms with Crippen LogP contribution in [0.4, 0.5) is 0 Å². The van der Waals surface area contributed by atoms with Crippen molar-refractivity contribution < 1.29 is 0 Å². The van der Waals surface area contributed by atoms with Gasteiger partial charge in [-0.2, -0.15) is 5.10 Å². The van der Waals surface area contributed by atoms with Crippen LogP contribution in [0.2, 0.25) is 0 Å². The molecule has 1 aliphatic rings. The number of aromatic nitrogens is 3. The lowest BCUT2D eigenvalue weighted by atomic mass is 10.0. The molecule has 1 saturated heterocycles. The third kappa shape index (κ3) is 4.66. The number of pyridine rings is 1. The lowest BCUT2D eigenvalue weighted by Crippen LogP contribution is -2.50. The van der Waals surface area contributed by atoms with Gasteiger partial charge in [0.1, 0.15) is 0 Å². The van der Waals surface area contributed by atoms with E-state index in [0.29, 0.717) is 6.04 Å². The van der Waals surface area contributed by atoms with Crippen LogP contribution in [0.25, 0.3) is 16.6 Å². The maximum absolute atomic E-state index is 4.27. The fourth-order valence-corrected chi connectivity index (χ4v) is 3.63. The summed E-state index contributed by atoms with van der Waals surface area (Å²) in [7, 11) is 0. The van der Waals surface area contributed by atoms with Crippen LogP contribution >= 0.6 is 0 Å². The minimum Gasteiger partial charge on any atom is -0.372 e. The van der Waals surface area contributed by atoms with Crippen LogP contribution < -0.4 is 5.32 Å². The van der Waals surface area contributed by atoms with E-state index in [1.165, 1.54) is 17.7 Å². The van der Waals surface area contributed by atoms with E-state index < -0.39 is 0 Å². The van der Waals surface area contributed by atoms with Crippen molar-refractivity contribution in [3.05, 3.63) is 54.0 Å². The van der Waals surface area contributed by atoms with Gasteiger partial charge in [0.2, 0.25) is 0 Å². The number of fused-ring (bicyclic) bond motifs is 1. The summed E-state index contributed by atoms with van der Waals surface area (Å²) in [4.78, 5) is 6.77. The van der Waals surface area contributed by atoms with Crippen molar-refractivity contribution >= 4 is 16.6 Å². The maximum atomic E-state index is 4.27. The van der Waals surface area contributed by atoms with Gasteiger partial charge >= 0.3 is 0 Å². The van der Waals surface area contributed by atoms with E-state index in [0.717, 1.165) is 47.9 Å². The van der Waals surface area contributed by atoms with Crippen LogP contribution in [0.15, 0.2) is 48.3 Å². The lowest BCUT2D eigenvalue weighted by molar-refractivity contribution is 0.226. The number of nitrogens with zero attached hydrogens (tertiary/aromatic N) is 3. The fourth-order valence-electron chi connectivity index (χ4n) is 3.63. The van der Waals surface area contributed by atoms with Crippen molar-refractivity contribution in [2.75, 3.05) is 19.6 Å². The highest BCUT2D eigenvalue weighted by molar-refractivity contribution is 5.90. The Morgan fingerprint density at radius 2 is 2.19 bits per heavy atom. The number of hydrogen-bond acceptors (Lipinski definition) is 4. The van der Waals surface area contributed by atoms with Gasteiger partial charge in [-0.1, -0.05) is 32.6 Å². The van der Waals surface area contributed by atoms with E-state index in [9.17, 15) is 0 Å². The molecule has 3 heterocycles. The van der Waals surface area contributed by atoms with Crippen molar-refractivity contribution in [2.24, 2.45) is 5.92 Å². The molecule has 0 spiro atoms. The van der Waals surface area contributed by atoms with Crippen molar-refractivity contribution in [1.82, 2.24) is 25.4 Å². The molecule has 5 nitrogen and oxygen atoms in total. The highest BCUT2D eigenvalue weighted by atomic mass is 15.2. The number of nitrogens with one attached hydrogen (secondary N) is 2. The maximum Gasteiger partial charge on any atom is 0.181 e. The van der Waals surface area contributed by atoms with E-state index in [4.69, 9.17) is 0 Å². The summed E-state index contributed by atoms with van der Waals surface area (Å²) in [6, 6.07) is 4.51. The predicted molar refractivity (Wildman–Crippen MR) is 113 cm³/mol. The quantitative estimate of drug-likeness (QED) is 0.756. The summed E-state index contributed by atoms with van der Waals surface area (Å²) in [5.41, 5.74) is 5.17. The second-order valence-corrected chi connectivity index (χ2v) is 7.83. The first-order valence-corrected chi connectivity index (χ1v) is 9.78. The topological polar surface area (TPSA) is 56.8 Å². The van der Waals surface area contributed by atoms with Gasteiger partial charge in [-0.05, 0) is 49.5 Å². The van der Waals surface area contributed by atoms with Crippen LogP contribution in [-0.2, 0) is 0 Å². The molecule has 2 N–H and O–H groups in total. The smallest absolute Gasteiger partial charge is 0.181 e. The molecule has 0 aromatic carbocycles. The second kappa shape index (κ2) is 8.53. The zero-order chi connectivity index (χ0) is 19.4. The molecule has 1 aliphatic heterocycles. The molecule has 5 heteroatoms. The van der Waals surface area contributed by atoms with Gasteiger partial charge in [-0.15, -0.1) is 0 Å². The number of rotatable bonds is 6. The Hall–Kier alpha value is -2.40. The van der Waals surface area contributed by atoms with E-state index >= 15 is 0 Å². The third-order valence-electron chi connectivity index (χ3n) is 5.24. The van der Waals surface area contributed by atoms with Crippen LogP contribution in [-0.4, -0.2) is 45.8 Å². The van der Waals surface area contributed by atoms with Crippen molar-refractivity contribution in [3.8, 4) is 0 Å². The molecule has 1 atom stereocenters. The molecule has 1 unspecified atom stereocenters. The van der Waals surface area contributed by atoms with Crippen LogP contribution in [0.5, 0.6) is 0 Å². The number of allylic oxidation sites excluding steroid dienone is 5. The van der Waals surface area contributed by atoms with E-state index in [1.807, 2.05) is 12.1 Å². The molecule has 0 saturated carbocycles. The first-order chi connectivity index (χ1) is 13.0. The first kappa shape index (κ1) is 19.4. The second-order valence-electron chi connectivity index (χ2n) is 7.83. The highest BCUT2D eigenvalue weighted by Gasteiger charge is 2.20. The normalized spacial score (nSPS) is 19.1. The summed E-state index contributed by atoms with van der Waals surface area (Å²) in [5, 5.41) is 12.0. The van der Waals surface area contributed by atoms with Gasteiger partial charge < -0.3 is 10.2 Å². The summed E-state index contributed by atoms with van der Waals surface area (Å²) < 4.78 is 0. The molecule has 144 valence electrons. The molecule has 2 aromatic heterocycles. The van der Waals surface area contributed by atoms with Gasteiger partial charge in [0.05, 0.1) is 5.69 Å². The molecular formula is C22H31N5. The van der Waals surface area contributed by atoms with Crippen molar-refractivity contribution in [2.45, 2.75) is 40.2 Å². The van der Waals surface area contributed by atoms with Crippen LogP contribution in [0.3, 0.4) is 0 Å². The number of hydrogen-bond donors (Lipinski definition) is 2. The Morgan fingerprint density at radius 1 is 1.37 bits per heavy atom.